The van der Waals surface area contributed by atoms with Gasteiger partial charge in [0.25, 0.3) is 0 Å². The molecule has 6 aliphatic heterocycles. The Labute approximate surface area is 261 Å². The molecule has 8 heterocycles. The number of aromatic hydroxyl groups is 1. The quantitative estimate of drug-likeness (QED) is 0.424. The molecule has 240 valence electrons. The van der Waals surface area contributed by atoms with Crippen LogP contribution < -0.4 is 9.64 Å². The first-order valence-electron chi connectivity index (χ1n) is 16.4. The predicted octanol–water partition coefficient (Wildman–Crippen LogP) is 4.87. The fourth-order valence-corrected chi connectivity index (χ4v) is 9.24. The largest absolute Gasteiger partial charge is 0.508 e. The summed E-state index contributed by atoms with van der Waals surface area (Å²) in [6.45, 7) is 5.54. The van der Waals surface area contributed by atoms with Crippen LogP contribution >= 0.6 is 0 Å². The number of anilines is 1. The van der Waals surface area contributed by atoms with E-state index >= 15 is 4.39 Å². The zero-order valence-corrected chi connectivity index (χ0v) is 25.8. The summed E-state index contributed by atoms with van der Waals surface area (Å²) in [6, 6.07) is 3.30. The van der Waals surface area contributed by atoms with E-state index in [0.29, 0.717) is 75.2 Å². The average molecular weight is 622 g/mol. The summed E-state index contributed by atoms with van der Waals surface area (Å²) in [7, 11) is 0. The highest BCUT2D eigenvalue weighted by Gasteiger charge is 2.55. The summed E-state index contributed by atoms with van der Waals surface area (Å²) in [5, 5.41) is 22.3. The first-order valence-corrected chi connectivity index (χ1v) is 16.4. The fourth-order valence-electron chi connectivity index (χ4n) is 9.24. The van der Waals surface area contributed by atoms with Crippen LogP contribution in [0.5, 0.6) is 11.8 Å². The maximum atomic E-state index is 16.8. The molecular formula is C34H41F2N5O4. The zero-order chi connectivity index (χ0) is 31.0. The number of aryl methyl sites for hydroxylation is 1. The van der Waals surface area contributed by atoms with Crippen molar-refractivity contribution in [1.29, 1.82) is 0 Å². The van der Waals surface area contributed by atoms with Crippen LogP contribution in [-0.2, 0) is 11.2 Å². The Morgan fingerprint density at radius 1 is 1.13 bits per heavy atom. The Balaban J connectivity index is 1.25. The van der Waals surface area contributed by atoms with Crippen LogP contribution in [0.1, 0.15) is 62.5 Å². The monoisotopic (exact) mass is 621 g/mol. The molecule has 1 aromatic carbocycles. The number of nitrogens with zero attached hydrogens (tertiary/aromatic N) is 5. The molecule has 7 aliphatic rings. The molecule has 3 aromatic rings. The second-order valence-electron chi connectivity index (χ2n) is 14.4. The summed E-state index contributed by atoms with van der Waals surface area (Å²) in [5.41, 5.74) is 1.11. The van der Waals surface area contributed by atoms with Gasteiger partial charge in [0.2, 0.25) is 0 Å². The third kappa shape index (κ3) is 5.02. The number of alkyl halides is 1. The number of rotatable bonds is 3. The molecule has 10 rings (SSSR count). The summed E-state index contributed by atoms with van der Waals surface area (Å²) >= 11 is 0. The van der Waals surface area contributed by atoms with Crippen LogP contribution in [0.15, 0.2) is 18.3 Å². The van der Waals surface area contributed by atoms with Gasteiger partial charge in [0.15, 0.2) is 5.82 Å². The maximum absolute atomic E-state index is 16.8. The average Bonchev–Trinajstić information content (AvgIpc) is 3.51. The third-order valence-electron chi connectivity index (χ3n) is 11.0. The van der Waals surface area contributed by atoms with Crippen LogP contribution in [0.4, 0.5) is 14.6 Å². The molecule has 2 atom stereocenters. The normalized spacial score (nSPS) is 31.6. The van der Waals surface area contributed by atoms with Gasteiger partial charge in [-0.15, -0.1) is 0 Å². The fraction of sp³-hybridized carbons (Fsp3) is 0.618. The molecule has 11 heteroatoms. The molecule has 0 radical (unpaired) electrons. The Morgan fingerprint density at radius 2 is 1.98 bits per heavy atom. The lowest BCUT2D eigenvalue weighted by Crippen LogP contribution is -2.60. The number of phenolic OH excluding ortho intramolecular Hbond substituents is 1. The summed E-state index contributed by atoms with van der Waals surface area (Å²) in [5.74, 6) is -0.000352. The van der Waals surface area contributed by atoms with E-state index in [4.69, 9.17) is 14.5 Å². The molecule has 2 aromatic heterocycles. The first-order chi connectivity index (χ1) is 21.6. The molecule has 7 bridgehead atoms. The number of piperidine rings is 1. The van der Waals surface area contributed by atoms with Crippen molar-refractivity contribution in [3.8, 4) is 23.0 Å². The van der Waals surface area contributed by atoms with E-state index in [0.717, 1.165) is 49.9 Å². The van der Waals surface area contributed by atoms with E-state index in [1.165, 1.54) is 0 Å². The molecule has 1 aliphatic carbocycles. The molecule has 2 N–H and O–H groups in total. The number of halogens is 2. The Morgan fingerprint density at radius 3 is 2.84 bits per heavy atom. The topological polar surface area (TPSA) is 104 Å². The second-order valence-corrected chi connectivity index (χ2v) is 14.4. The van der Waals surface area contributed by atoms with Gasteiger partial charge in [0.1, 0.15) is 35.6 Å². The molecule has 0 amide bonds. The van der Waals surface area contributed by atoms with Gasteiger partial charge in [-0.25, -0.2) is 8.78 Å². The van der Waals surface area contributed by atoms with Gasteiger partial charge in [0, 0.05) is 44.4 Å². The van der Waals surface area contributed by atoms with Gasteiger partial charge >= 0.3 is 6.01 Å². The van der Waals surface area contributed by atoms with Gasteiger partial charge in [-0.05, 0) is 93.5 Å². The van der Waals surface area contributed by atoms with Crippen LogP contribution in [-0.4, -0.2) is 93.4 Å². The molecule has 1 unspecified atom stereocenters. The van der Waals surface area contributed by atoms with Crippen molar-refractivity contribution in [2.75, 3.05) is 50.9 Å². The van der Waals surface area contributed by atoms with E-state index < -0.39 is 23.1 Å². The third-order valence-corrected chi connectivity index (χ3v) is 11.0. The van der Waals surface area contributed by atoms with Gasteiger partial charge in [-0.2, -0.15) is 9.97 Å². The highest BCUT2D eigenvalue weighted by atomic mass is 19.1. The number of aliphatic hydroxyl groups is 1. The number of ether oxygens (including phenoxy) is 2. The van der Waals surface area contributed by atoms with Crippen LogP contribution in [0.2, 0.25) is 0 Å². The summed E-state index contributed by atoms with van der Waals surface area (Å²) in [4.78, 5) is 18.5. The maximum Gasteiger partial charge on any atom is 0.319 e. The molecule has 3 saturated heterocycles. The van der Waals surface area contributed by atoms with Gasteiger partial charge in [-0.1, -0.05) is 0 Å². The number of hydrogen-bond acceptors (Lipinski definition) is 9. The van der Waals surface area contributed by atoms with Crippen molar-refractivity contribution < 1.29 is 28.5 Å². The SMILES string of the molecule is Cc1cc(O)cc2c1CCCOCC1(O)CC3(CCCN(C3)c3nc(OCC45CCCN4C[C@H](F)C5)nc4c(F)c-2ncc34)C1. The van der Waals surface area contributed by atoms with E-state index in [2.05, 4.69) is 19.8 Å². The van der Waals surface area contributed by atoms with Crippen molar-refractivity contribution in [1.82, 2.24) is 19.9 Å². The van der Waals surface area contributed by atoms with Crippen LogP contribution in [0.3, 0.4) is 0 Å². The molecule has 1 spiro atoms. The van der Waals surface area contributed by atoms with E-state index in [9.17, 15) is 14.6 Å². The van der Waals surface area contributed by atoms with Gasteiger partial charge in [0.05, 0.1) is 23.1 Å². The molecule has 9 nitrogen and oxygen atoms in total. The summed E-state index contributed by atoms with van der Waals surface area (Å²) in [6.07, 6.45) is 7.45. The van der Waals surface area contributed by atoms with Crippen LogP contribution in [0, 0.1) is 18.2 Å². The second kappa shape index (κ2) is 10.7. The van der Waals surface area contributed by atoms with Crippen LogP contribution in [0.25, 0.3) is 22.2 Å². The van der Waals surface area contributed by atoms with E-state index in [1.54, 1.807) is 18.3 Å². The Kier molecular flexibility index (Phi) is 6.96. The lowest BCUT2D eigenvalue weighted by Gasteiger charge is -2.57. The Bertz CT molecular complexity index is 1650. The smallest absolute Gasteiger partial charge is 0.319 e. The number of phenols is 1. The number of fused-ring (bicyclic) bond motifs is 1. The van der Waals surface area contributed by atoms with Crippen molar-refractivity contribution in [2.24, 2.45) is 5.41 Å². The highest BCUT2D eigenvalue weighted by Crippen LogP contribution is 2.54. The molecule has 1 saturated carbocycles. The first kappa shape index (κ1) is 29.3. The molecular weight excluding hydrogens is 580 g/mol. The Hall–Kier alpha value is -3.15. The lowest BCUT2D eigenvalue weighted by atomic mass is 9.56. The van der Waals surface area contributed by atoms with Crippen molar-refractivity contribution in [3.05, 3.63) is 35.3 Å². The molecule has 45 heavy (non-hydrogen) atoms. The standard InChI is InChI=1S/C34H41F2N5O4/c1-21-11-23(42)12-25-24(21)5-2-10-44-20-34(43)16-32(17-34)6-3-8-40(18-32)30-26-14-37-28(25)27(36)29(26)38-31(39-30)45-19-33-7-4-9-41(33)15-22(35)13-33/h11-12,14,22,42-43H,2-10,13,15-20H2,1H3/t22-,32?,33?,34?/m1/s1. The number of pyridine rings is 1. The summed E-state index contributed by atoms with van der Waals surface area (Å²) < 4.78 is 43.5. The van der Waals surface area contributed by atoms with Gasteiger partial charge in [-0.3, -0.25) is 9.88 Å². The minimum absolute atomic E-state index is 0.0332. The van der Waals surface area contributed by atoms with E-state index in [1.807, 2.05) is 6.92 Å². The van der Waals surface area contributed by atoms with Gasteiger partial charge < -0.3 is 24.6 Å². The van der Waals surface area contributed by atoms with Crippen molar-refractivity contribution in [2.45, 2.75) is 82.0 Å². The minimum Gasteiger partial charge on any atom is -0.508 e. The van der Waals surface area contributed by atoms with E-state index in [-0.39, 0.29) is 35.0 Å². The lowest BCUT2D eigenvalue weighted by molar-refractivity contribution is -0.167. The zero-order valence-electron chi connectivity index (χ0n) is 25.8. The number of benzene rings is 1. The number of aromatic nitrogens is 3. The minimum atomic E-state index is -0.889. The predicted molar refractivity (Wildman–Crippen MR) is 165 cm³/mol. The van der Waals surface area contributed by atoms with Crippen molar-refractivity contribution >= 4 is 16.7 Å². The molecule has 4 fully saturated rings. The number of hydrogen-bond donors (Lipinski definition) is 2. The van der Waals surface area contributed by atoms with Crippen molar-refractivity contribution in [3.63, 3.8) is 0 Å². The highest BCUT2D eigenvalue weighted by molar-refractivity contribution is 5.92.